The van der Waals surface area contributed by atoms with Crippen molar-refractivity contribution in [3.05, 3.63) is 0 Å². The maximum absolute atomic E-state index is 12.6. The smallest absolute Gasteiger partial charge is 0.325 e. The van der Waals surface area contributed by atoms with Crippen molar-refractivity contribution in [2.24, 2.45) is 0 Å². The molecule has 6 nitrogen and oxygen atoms in total. The van der Waals surface area contributed by atoms with E-state index in [1.807, 2.05) is 0 Å². The highest BCUT2D eigenvalue weighted by Gasteiger charge is 2.50. The molecule has 1 spiro atoms. The summed E-state index contributed by atoms with van der Waals surface area (Å²) in [6, 6.07) is -0.476. The highest BCUT2D eigenvalue weighted by atomic mass is 16.2. The lowest BCUT2D eigenvalue weighted by molar-refractivity contribution is -0.135. The minimum absolute atomic E-state index is 0.0909. The van der Waals surface area contributed by atoms with Crippen molar-refractivity contribution in [1.29, 1.82) is 0 Å². The number of imide groups is 1. The van der Waals surface area contributed by atoms with E-state index in [1.165, 1.54) is 6.42 Å². The third kappa shape index (κ3) is 3.35. The fourth-order valence-electron chi connectivity index (χ4n) is 3.02. The number of nitrogens with zero attached hydrogens (tertiary/aromatic N) is 1. The fourth-order valence-corrected chi connectivity index (χ4v) is 3.02. The van der Waals surface area contributed by atoms with Gasteiger partial charge in [-0.2, -0.15) is 0 Å². The molecular weight excluding hydrogens is 270 g/mol. The van der Waals surface area contributed by atoms with Crippen LogP contribution in [-0.2, 0) is 9.59 Å². The normalized spacial score (nSPS) is 21.4. The van der Waals surface area contributed by atoms with Crippen LogP contribution in [0.5, 0.6) is 0 Å². The molecule has 1 saturated carbocycles. The lowest BCUT2D eigenvalue weighted by Crippen LogP contribution is -2.48. The first-order chi connectivity index (χ1) is 10.1. The Morgan fingerprint density at radius 3 is 2.48 bits per heavy atom. The van der Waals surface area contributed by atoms with E-state index in [0.717, 1.165) is 30.6 Å². The zero-order chi connectivity index (χ0) is 15.3. The average Bonchev–Trinajstić information content (AvgIpc) is 2.66. The number of hydrogen-bond acceptors (Lipinski definition) is 3. The topological polar surface area (TPSA) is 78.5 Å². The highest BCUT2D eigenvalue weighted by molar-refractivity contribution is 6.09. The molecule has 1 aliphatic carbocycles. The molecule has 0 bridgehead atoms. The Balaban J connectivity index is 2.04. The third-order valence-electron chi connectivity index (χ3n) is 4.14. The minimum Gasteiger partial charge on any atom is -0.344 e. The fraction of sp³-hybridized carbons (Fsp3) is 0.667. The number of carbonyl (C=O) groups excluding carboxylic acids is 3. The van der Waals surface area contributed by atoms with Crippen molar-refractivity contribution in [1.82, 2.24) is 15.5 Å². The van der Waals surface area contributed by atoms with Gasteiger partial charge in [0.25, 0.3) is 5.91 Å². The van der Waals surface area contributed by atoms with Gasteiger partial charge in [-0.3, -0.25) is 14.5 Å². The van der Waals surface area contributed by atoms with E-state index >= 15 is 0 Å². The predicted molar refractivity (Wildman–Crippen MR) is 77.1 cm³/mol. The van der Waals surface area contributed by atoms with Crippen molar-refractivity contribution in [3.63, 3.8) is 0 Å². The Bertz CT molecular complexity index is 473. The lowest BCUT2D eigenvalue weighted by atomic mass is 9.84. The molecule has 0 unspecified atom stereocenters. The molecule has 114 valence electrons. The van der Waals surface area contributed by atoms with Crippen LogP contribution in [0.15, 0.2) is 0 Å². The van der Waals surface area contributed by atoms with Crippen LogP contribution in [-0.4, -0.2) is 41.4 Å². The number of urea groups is 1. The summed E-state index contributed by atoms with van der Waals surface area (Å²) in [5, 5.41) is 5.28. The largest absolute Gasteiger partial charge is 0.344 e. The lowest BCUT2D eigenvalue weighted by Gasteiger charge is -2.28. The first kappa shape index (κ1) is 15.4. The molecule has 4 amide bonds. The van der Waals surface area contributed by atoms with Gasteiger partial charge in [-0.25, -0.2) is 4.79 Å². The van der Waals surface area contributed by atoms with Gasteiger partial charge in [0.2, 0.25) is 5.91 Å². The summed E-state index contributed by atoms with van der Waals surface area (Å²) in [6.45, 7) is -0.179. The Morgan fingerprint density at radius 2 is 1.86 bits per heavy atom. The van der Waals surface area contributed by atoms with Crippen molar-refractivity contribution in [3.8, 4) is 12.3 Å². The van der Waals surface area contributed by atoms with E-state index in [2.05, 4.69) is 16.6 Å². The summed E-state index contributed by atoms with van der Waals surface area (Å²) in [7, 11) is 0. The number of amides is 4. The van der Waals surface area contributed by atoms with Crippen LogP contribution in [0.2, 0.25) is 0 Å². The van der Waals surface area contributed by atoms with E-state index in [4.69, 9.17) is 6.42 Å². The number of nitrogens with one attached hydrogen (secondary N) is 2. The summed E-state index contributed by atoms with van der Waals surface area (Å²) < 4.78 is 0. The minimum atomic E-state index is -0.802. The van der Waals surface area contributed by atoms with E-state index in [9.17, 15) is 14.4 Å². The van der Waals surface area contributed by atoms with Gasteiger partial charge in [-0.05, 0) is 12.8 Å². The number of hydrogen-bond donors (Lipinski definition) is 2. The van der Waals surface area contributed by atoms with Gasteiger partial charge in [0.05, 0.1) is 6.54 Å². The molecule has 21 heavy (non-hydrogen) atoms. The Labute approximate surface area is 124 Å². The maximum Gasteiger partial charge on any atom is 0.325 e. The van der Waals surface area contributed by atoms with E-state index in [1.54, 1.807) is 0 Å². The standard InChI is InChI=1S/C15H21N3O3/c1-2-10-16-12(19)11-18-13(20)15(17-14(18)21)8-6-4-3-5-7-9-15/h1H,3-11H2,(H,16,19)(H,17,21). The Hall–Kier alpha value is -2.03. The zero-order valence-electron chi connectivity index (χ0n) is 12.1. The van der Waals surface area contributed by atoms with Gasteiger partial charge in [0.15, 0.2) is 0 Å². The molecule has 1 saturated heterocycles. The van der Waals surface area contributed by atoms with Gasteiger partial charge in [0.1, 0.15) is 12.1 Å². The summed E-state index contributed by atoms with van der Waals surface area (Å²) in [6.07, 6.45) is 11.5. The summed E-state index contributed by atoms with van der Waals surface area (Å²) in [5.41, 5.74) is -0.802. The van der Waals surface area contributed by atoms with Crippen LogP contribution >= 0.6 is 0 Å². The second kappa shape index (κ2) is 6.61. The molecule has 0 aromatic heterocycles. The molecule has 0 radical (unpaired) electrons. The number of carbonyl (C=O) groups is 3. The first-order valence-electron chi connectivity index (χ1n) is 7.43. The summed E-state index contributed by atoms with van der Waals surface area (Å²) in [4.78, 5) is 37.3. The van der Waals surface area contributed by atoms with Crippen LogP contribution in [0, 0.1) is 12.3 Å². The second-order valence-electron chi connectivity index (χ2n) is 5.65. The van der Waals surface area contributed by atoms with Crippen molar-refractivity contribution < 1.29 is 14.4 Å². The van der Waals surface area contributed by atoms with Gasteiger partial charge < -0.3 is 10.6 Å². The van der Waals surface area contributed by atoms with Gasteiger partial charge in [-0.1, -0.05) is 38.0 Å². The van der Waals surface area contributed by atoms with Crippen molar-refractivity contribution >= 4 is 17.8 Å². The predicted octanol–water partition coefficient (Wildman–Crippen LogP) is 0.771. The van der Waals surface area contributed by atoms with Crippen LogP contribution in [0.4, 0.5) is 4.79 Å². The second-order valence-corrected chi connectivity index (χ2v) is 5.65. The summed E-state index contributed by atoms with van der Waals surface area (Å²) in [5.74, 6) is 1.59. The molecule has 0 aromatic carbocycles. The molecule has 2 rings (SSSR count). The Kier molecular flexibility index (Phi) is 4.84. The molecule has 1 heterocycles. The molecule has 2 fully saturated rings. The quantitative estimate of drug-likeness (QED) is 0.595. The van der Waals surface area contributed by atoms with Gasteiger partial charge in [0, 0.05) is 0 Å². The number of rotatable bonds is 3. The monoisotopic (exact) mass is 291 g/mol. The Morgan fingerprint density at radius 1 is 1.24 bits per heavy atom. The van der Waals surface area contributed by atoms with Crippen LogP contribution in [0.25, 0.3) is 0 Å². The molecule has 6 heteroatoms. The van der Waals surface area contributed by atoms with E-state index < -0.39 is 17.5 Å². The number of terminal acetylenes is 1. The van der Waals surface area contributed by atoms with Crippen molar-refractivity contribution in [2.75, 3.05) is 13.1 Å². The average molecular weight is 291 g/mol. The van der Waals surface area contributed by atoms with Crippen LogP contribution in [0.1, 0.15) is 44.9 Å². The van der Waals surface area contributed by atoms with Crippen molar-refractivity contribution in [2.45, 2.75) is 50.5 Å². The highest BCUT2D eigenvalue weighted by Crippen LogP contribution is 2.31. The van der Waals surface area contributed by atoms with Gasteiger partial charge in [-0.15, -0.1) is 6.42 Å². The van der Waals surface area contributed by atoms with Gasteiger partial charge >= 0.3 is 6.03 Å². The first-order valence-corrected chi connectivity index (χ1v) is 7.43. The summed E-state index contributed by atoms with van der Waals surface area (Å²) >= 11 is 0. The van der Waals surface area contributed by atoms with Crippen LogP contribution in [0.3, 0.4) is 0 Å². The zero-order valence-corrected chi connectivity index (χ0v) is 12.1. The van der Waals surface area contributed by atoms with E-state index in [0.29, 0.717) is 12.8 Å². The molecule has 0 atom stereocenters. The third-order valence-corrected chi connectivity index (χ3v) is 4.14. The molecule has 0 aromatic rings. The van der Waals surface area contributed by atoms with Crippen LogP contribution < -0.4 is 10.6 Å². The molecule has 2 N–H and O–H groups in total. The molecular formula is C15H21N3O3. The SMILES string of the molecule is C#CCNC(=O)CN1C(=O)NC2(CCCCCCC2)C1=O. The molecule has 1 aliphatic heterocycles. The van der Waals surface area contributed by atoms with E-state index in [-0.39, 0.29) is 19.0 Å². The maximum atomic E-state index is 12.6. The molecule has 2 aliphatic rings.